The number of hydrogen-bond acceptors (Lipinski definition) is 6. The van der Waals surface area contributed by atoms with Gasteiger partial charge in [0.1, 0.15) is 10.9 Å². The van der Waals surface area contributed by atoms with E-state index in [1.807, 2.05) is 18.4 Å². The van der Waals surface area contributed by atoms with Crippen molar-refractivity contribution < 1.29 is 4.74 Å². The molecule has 16 heavy (non-hydrogen) atoms. The Bertz CT molecular complexity index is 481. The van der Waals surface area contributed by atoms with Gasteiger partial charge in [0.15, 0.2) is 11.6 Å². The van der Waals surface area contributed by atoms with E-state index in [9.17, 15) is 0 Å². The molecule has 0 saturated heterocycles. The first-order valence-corrected chi connectivity index (χ1v) is 5.92. The van der Waals surface area contributed by atoms with Gasteiger partial charge in [-0.25, -0.2) is 15.8 Å². The standard InChI is InChI=1S/C10H14N4OS/c1-3-7(15-2)9-12-8(14-11)6-4-5-16-10(6)13-9/h4-5,7H,3,11H2,1-2H3,(H,12,13,14). The minimum atomic E-state index is -0.0846. The minimum Gasteiger partial charge on any atom is -0.373 e. The number of nitrogens with one attached hydrogen (secondary N) is 1. The lowest BCUT2D eigenvalue weighted by Crippen LogP contribution is -2.13. The van der Waals surface area contributed by atoms with Gasteiger partial charge in [-0.15, -0.1) is 11.3 Å². The maximum absolute atomic E-state index is 5.45. The quantitative estimate of drug-likeness (QED) is 0.630. The number of thiophene rings is 1. The van der Waals surface area contributed by atoms with Gasteiger partial charge in [-0.1, -0.05) is 6.92 Å². The lowest BCUT2D eigenvalue weighted by Gasteiger charge is -2.12. The third-order valence-corrected chi connectivity index (χ3v) is 3.23. The molecule has 0 amide bonds. The van der Waals surface area contributed by atoms with Gasteiger partial charge < -0.3 is 10.2 Å². The molecule has 0 radical (unpaired) electrons. The highest BCUT2D eigenvalue weighted by molar-refractivity contribution is 7.16. The van der Waals surface area contributed by atoms with Gasteiger partial charge in [-0.3, -0.25) is 0 Å². The van der Waals surface area contributed by atoms with Crippen molar-refractivity contribution in [2.45, 2.75) is 19.4 Å². The highest BCUT2D eigenvalue weighted by Crippen LogP contribution is 2.27. The van der Waals surface area contributed by atoms with Gasteiger partial charge in [0, 0.05) is 7.11 Å². The minimum absolute atomic E-state index is 0.0846. The van der Waals surface area contributed by atoms with Crippen molar-refractivity contribution in [1.29, 1.82) is 0 Å². The zero-order valence-corrected chi connectivity index (χ0v) is 10.0. The van der Waals surface area contributed by atoms with E-state index in [2.05, 4.69) is 15.4 Å². The monoisotopic (exact) mass is 238 g/mol. The first-order chi connectivity index (χ1) is 7.80. The molecule has 5 nitrogen and oxygen atoms in total. The second-order valence-corrected chi connectivity index (χ2v) is 4.24. The highest BCUT2D eigenvalue weighted by atomic mass is 32.1. The molecule has 6 heteroatoms. The van der Waals surface area contributed by atoms with Crippen LogP contribution < -0.4 is 11.3 Å². The molecule has 1 atom stereocenters. The van der Waals surface area contributed by atoms with Crippen LogP contribution in [0.4, 0.5) is 5.82 Å². The fourth-order valence-corrected chi connectivity index (χ4v) is 2.35. The molecule has 0 bridgehead atoms. The third kappa shape index (κ3) is 1.87. The summed E-state index contributed by atoms with van der Waals surface area (Å²) < 4.78 is 5.32. The van der Waals surface area contributed by atoms with E-state index in [0.29, 0.717) is 11.6 Å². The predicted molar refractivity (Wildman–Crippen MR) is 65.3 cm³/mol. The van der Waals surface area contributed by atoms with Gasteiger partial charge in [-0.2, -0.15) is 0 Å². The second-order valence-electron chi connectivity index (χ2n) is 3.35. The Morgan fingerprint density at radius 1 is 1.56 bits per heavy atom. The number of ether oxygens (including phenoxy) is 1. The van der Waals surface area contributed by atoms with E-state index < -0.39 is 0 Å². The number of anilines is 1. The van der Waals surface area contributed by atoms with Gasteiger partial charge in [-0.05, 0) is 17.9 Å². The van der Waals surface area contributed by atoms with Crippen LogP contribution in [-0.2, 0) is 4.74 Å². The van der Waals surface area contributed by atoms with Gasteiger partial charge in [0.2, 0.25) is 0 Å². The Labute approximate surface area is 97.6 Å². The molecule has 0 aliphatic rings. The van der Waals surface area contributed by atoms with Crippen molar-refractivity contribution in [2.24, 2.45) is 5.84 Å². The van der Waals surface area contributed by atoms with Crippen molar-refractivity contribution in [2.75, 3.05) is 12.5 Å². The summed E-state index contributed by atoms with van der Waals surface area (Å²) in [5.74, 6) is 6.77. The number of nitrogens with zero attached hydrogens (tertiary/aromatic N) is 2. The van der Waals surface area contributed by atoms with Crippen LogP contribution in [0.15, 0.2) is 11.4 Å². The van der Waals surface area contributed by atoms with Crippen molar-refractivity contribution in [3.63, 3.8) is 0 Å². The van der Waals surface area contributed by atoms with E-state index in [4.69, 9.17) is 10.6 Å². The molecule has 2 aromatic heterocycles. The maximum Gasteiger partial charge on any atom is 0.161 e. The number of nitrogen functional groups attached to an aromatic ring is 1. The molecule has 0 aromatic carbocycles. The lowest BCUT2D eigenvalue weighted by atomic mass is 10.2. The average molecular weight is 238 g/mol. The number of rotatable bonds is 4. The molecule has 2 heterocycles. The summed E-state index contributed by atoms with van der Waals surface area (Å²) in [4.78, 5) is 9.77. The Morgan fingerprint density at radius 2 is 2.38 bits per heavy atom. The smallest absolute Gasteiger partial charge is 0.161 e. The molecule has 0 spiro atoms. The van der Waals surface area contributed by atoms with E-state index in [0.717, 1.165) is 16.6 Å². The van der Waals surface area contributed by atoms with E-state index >= 15 is 0 Å². The molecule has 0 fully saturated rings. The zero-order chi connectivity index (χ0) is 11.5. The number of hydrazine groups is 1. The fourth-order valence-electron chi connectivity index (χ4n) is 1.58. The first kappa shape index (κ1) is 11.3. The SMILES string of the molecule is CCC(OC)c1nc(NN)c2ccsc2n1. The first-order valence-electron chi connectivity index (χ1n) is 5.04. The number of hydrogen-bond donors (Lipinski definition) is 2. The van der Waals surface area contributed by atoms with Gasteiger partial charge in [0.05, 0.1) is 5.39 Å². The summed E-state index contributed by atoms with van der Waals surface area (Å²) in [5.41, 5.74) is 2.60. The van der Waals surface area contributed by atoms with Crippen molar-refractivity contribution >= 4 is 27.4 Å². The van der Waals surface area contributed by atoms with Crippen molar-refractivity contribution in [1.82, 2.24) is 9.97 Å². The summed E-state index contributed by atoms with van der Waals surface area (Å²) in [5, 5.41) is 2.92. The molecule has 0 aliphatic heterocycles. The van der Waals surface area contributed by atoms with Crippen LogP contribution in [-0.4, -0.2) is 17.1 Å². The summed E-state index contributed by atoms with van der Waals surface area (Å²) in [6, 6.07) is 1.95. The lowest BCUT2D eigenvalue weighted by molar-refractivity contribution is 0.0930. The van der Waals surface area contributed by atoms with Crippen molar-refractivity contribution in [3.05, 3.63) is 17.3 Å². The van der Waals surface area contributed by atoms with Crippen LogP contribution in [0.2, 0.25) is 0 Å². The number of nitrogens with two attached hydrogens (primary N) is 1. The molecule has 86 valence electrons. The van der Waals surface area contributed by atoms with Gasteiger partial charge >= 0.3 is 0 Å². The van der Waals surface area contributed by atoms with Crippen LogP contribution in [0.25, 0.3) is 10.2 Å². The summed E-state index contributed by atoms with van der Waals surface area (Å²) in [6.07, 6.45) is 0.746. The average Bonchev–Trinajstić information content (AvgIpc) is 2.77. The second kappa shape index (κ2) is 4.73. The normalized spacial score (nSPS) is 12.9. The number of methoxy groups -OCH3 is 1. The van der Waals surface area contributed by atoms with Crippen LogP contribution in [0.3, 0.4) is 0 Å². The maximum atomic E-state index is 5.45. The van der Waals surface area contributed by atoms with Crippen molar-refractivity contribution in [3.8, 4) is 0 Å². The third-order valence-electron chi connectivity index (χ3n) is 2.42. The van der Waals surface area contributed by atoms with Crippen LogP contribution in [0.1, 0.15) is 25.3 Å². The van der Waals surface area contributed by atoms with Crippen LogP contribution in [0.5, 0.6) is 0 Å². The Balaban J connectivity index is 2.54. The molecular weight excluding hydrogens is 224 g/mol. The van der Waals surface area contributed by atoms with Crippen LogP contribution in [0, 0.1) is 0 Å². The molecule has 0 aliphatic carbocycles. The number of fused-ring (bicyclic) bond motifs is 1. The Hall–Kier alpha value is -1.24. The Morgan fingerprint density at radius 3 is 3.00 bits per heavy atom. The van der Waals surface area contributed by atoms with Gasteiger partial charge in [0.25, 0.3) is 0 Å². The molecular formula is C10H14N4OS. The summed E-state index contributed by atoms with van der Waals surface area (Å²) >= 11 is 1.57. The highest BCUT2D eigenvalue weighted by Gasteiger charge is 2.15. The predicted octanol–water partition coefficient (Wildman–Crippen LogP) is 2.07. The summed E-state index contributed by atoms with van der Waals surface area (Å²) in [6.45, 7) is 2.03. The number of aromatic nitrogens is 2. The van der Waals surface area contributed by atoms with E-state index in [-0.39, 0.29) is 6.10 Å². The summed E-state index contributed by atoms with van der Waals surface area (Å²) in [7, 11) is 1.66. The molecule has 2 aromatic rings. The Kier molecular flexibility index (Phi) is 3.33. The molecule has 3 N–H and O–H groups in total. The largest absolute Gasteiger partial charge is 0.373 e. The molecule has 1 unspecified atom stereocenters. The van der Waals surface area contributed by atoms with E-state index in [1.54, 1.807) is 18.4 Å². The van der Waals surface area contributed by atoms with Crippen LogP contribution >= 0.6 is 11.3 Å². The molecule has 2 rings (SSSR count). The fraction of sp³-hybridized carbons (Fsp3) is 0.400. The molecule has 0 saturated carbocycles. The van der Waals surface area contributed by atoms with E-state index in [1.165, 1.54) is 0 Å². The zero-order valence-electron chi connectivity index (χ0n) is 9.23. The topological polar surface area (TPSA) is 73.1 Å².